The molecule has 0 aliphatic carbocycles. The van der Waals surface area contributed by atoms with Gasteiger partial charge in [0.15, 0.2) is 0 Å². The van der Waals surface area contributed by atoms with Crippen LogP contribution in [-0.4, -0.2) is 58.6 Å². The third kappa shape index (κ3) is 3.84. The Balaban J connectivity index is 1.60. The first-order valence-corrected chi connectivity index (χ1v) is 6.16. The summed E-state index contributed by atoms with van der Waals surface area (Å²) in [4.78, 5) is 8.72. The lowest BCUT2D eigenvalue weighted by atomic mass is 10.3. The summed E-state index contributed by atoms with van der Waals surface area (Å²) in [5, 5.41) is 8.62. The van der Waals surface area contributed by atoms with E-state index in [1.54, 1.807) is 0 Å². The molecule has 2 rings (SSSR count). The van der Waals surface area contributed by atoms with Crippen LogP contribution in [-0.2, 0) is 6.54 Å². The Hall–Kier alpha value is -1.38. The van der Waals surface area contributed by atoms with Crippen molar-refractivity contribution in [3.05, 3.63) is 18.7 Å². The average Bonchev–Trinajstić information content (AvgIpc) is 2.85. The van der Waals surface area contributed by atoms with Crippen LogP contribution in [0.25, 0.3) is 0 Å². The van der Waals surface area contributed by atoms with Gasteiger partial charge in [-0.2, -0.15) is 5.26 Å². The van der Waals surface area contributed by atoms with Gasteiger partial charge in [-0.15, -0.1) is 0 Å². The molecule has 0 radical (unpaired) electrons. The predicted octanol–water partition coefficient (Wildman–Crippen LogP) is 0.414. The van der Waals surface area contributed by atoms with Crippen molar-refractivity contribution in [2.45, 2.75) is 13.0 Å². The summed E-state index contributed by atoms with van der Waals surface area (Å²) < 4.78 is 2.12. The van der Waals surface area contributed by atoms with Crippen LogP contribution < -0.4 is 0 Å². The minimum atomic E-state index is 0.572. The molecule has 1 aliphatic rings. The Labute approximate surface area is 102 Å². The number of piperazine rings is 1. The second-order valence-electron chi connectivity index (χ2n) is 4.43. The van der Waals surface area contributed by atoms with Crippen LogP contribution in [0.4, 0.5) is 0 Å². The molecule has 92 valence electrons. The maximum Gasteiger partial charge on any atom is 0.0945 e. The van der Waals surface area contributed by atoms with Crippen LogP contribution in [0.5, 0.6) is 0 Å². The number of imidazole rings is 1. The summed E-state index contributed by atoms with van der Waals surface area (Å²) in [5.41, 5.74) is 0. The number of aryl methyl sites for hydroxylation is 1. The van der Waals surface area contributed by atoms with Gasteiger partial charge in [0.2, 0.25) is 0 Å². The summed E-state index contributed by atoms with van der Waals surface area (Å²) >= 11 is 0. The largest absolute Gasteiger partial charge is 0.337 e. The van der Waals surface area contributed by atoms with Crippen LogP contribution in [0.15, 0.2) is 18.7 Å². The lowest BCUT2D eigenvalue weighted by molar-refractivity contribution is 0.141. The van der Waals surface area contributed by atoms with E-state index >= 15 is 0 Å². The van der Waals surface area contributed by atoms with Crippen LogP contribution in [0, 0.1) is 11.3 Å². The van der Waals surface area contributed by atoms with E-state index in [9.17, 15) is 0 Å². The van der Waals surface area contributed by atoms with E-state index in [0.29, 0.717) is 6.54 Å². The smallest absolute Gasteiger partial charge is 0.0945 e. The van der Waals surface area contributed by atoms with Crippen molar-refractivity contribution in [2.24, 2.45) is 0 Å². The Bertz CT molecular complexity index is 345. The molecule has 17 heavy (non-hydrogen) atoms. The second kappa shape index (κ2) is 6.38. The Morgan fingerprint density at radius 3 is 2.53 bits per heavy atom. The molecular weight excluding hydrogens is 214 g/mol. The second-order valence-corrected chi connectivity index (χ2v) is 4.43. The fraction of sp³-hybridized carbons (Fsp3) is 0.667. The third-order valence-electron chi connectivity index (χ3n) is 3.21. The highest BCUT2D eigenvalue weighted by Gasteiger charge is 2.15. The van der Waals surface area contributed by atoms with E-state index in [2.05, 4.69) is 25.4 Å². The molecule has 0 bridgehead atoms. The van der Waals surface area contributed by atoms with Gasteiger partial charge in [0, 0.05) is 45.1 Å². The van der Waals surface area contributed by atoms with Gasteiger partial charge in [0.25, 0.3) is 0 Å². The van der Waals surface area contributed by atoms with Crippen LogP contribution >= 0.6 is 0 Å². The standard InChI is InChI=1S/C12H19N5/c13-2-6-16-10-8-15(9-11-16)4-1-5-17-7-3-14-12-17/h3,7,12H,1,4-6,8-11H2. The molecule has 1 aromatic heterocycles. The molecule has 0 amide bonds. The lowest BCUT2D eigenvalue weighted by Crippen LogP contribution is -2.46. The maximum atomic E-state index is 8.62. The van der Waals surface area contributed by atoms with Gasteiger partial charge in [-0.25, -0.2) is 4.98 Å². The summed E-state index contributed by atoms with van der Waals surface area (Å²) in [5.74, 6) is 0. The molecule has 0 spiro atoms. The number of aromatic nitrogens is 2. The molecule has 2 heterocycles. The first-order valence-electron chi connectivity index (χ1n) is 6.16. The van der Waals surface area contributed by atoms with Crippen molar-refractivity contribution in [1.82, 2.24) is 19.4 Å². The maximum absolute atomic E-state index is 8.62. The van der Waals surface area contributed by atoms with E-state index in [-0.39, 0.29) is 0 Å². The van der Waals surface area contributed by atoms with Gasteiger partial charge in [0.1, 0.15) is 0 Å². The molecule has 0 atom stereocenters. The van der Waals surface area contributed by atoms with Gasteiger partial charge in [-0.3, -0.25) is 4.90 Å². The zero-order chi connectivity index (χ0) is 11.9. The van der Waals surface area contributed by atoms with Gasteiger partial charge in [0.05, 0.1) is 18.9 Å². The van der Waals surface area contributed by atoms with Crippen LogP contribution in [0.1, 0.15) is 6.42 Å². The molecule has 1 saturated heterocycles. The Morgan fingerprint density at radius 2 is 1.88 bits per heavy atom. The molecule has 0 saturated carbocycles. The van der Waals surface area contributed by atoms with Gasteiger partial charge in [-0.1, -0.05) is 0 Å². The van der Waals surface area contributed by atoms with E-state index < -0.39 is 0 Å². The fourth-order valence-corrected chi connectivity index (χ4v) is 2.17. The molecule has 5 nitrogen and oxygen atoms in total. The molecule has 0 aromatic carbocycles. The zero-order valence-electron chi connectivity index (χ0n) is 10.1. The molecule has 1 fully saturated rings. The monoisotopic (exact) mass is 233 g/mol. The highest BCUT2D eigenvalue weighted by molar-refractivity contribution is 4.81. The summed E-state index contributed by atoms with van der Waals surface area (Å²) in [6.45, 7) is 6.98. The van der Waals surface area contributed by atoms with E-state index in [0.717, 1.165) is 45.7 Å². The van der Waals surface area contributed by atoms with Gasteiger partial charge in [-0.05, 0) is 13.0 Å². The predicted molar refractivity (Wildman–Crippen MR) is 65.3 cm³/mol. The Morgan fingerprint density at radius 1 is 1.12 bits per heavy atom. The van der Waals surface area contributed by atoms with Crippen molar-refractivity contribution in [2.75, 3.05) is 39.3 Å². The van der Waals surface area contributed by atoms with Crippen molar-refractivity contribution in [1.29, 1.82) is 5.26 Å². The number of rotatable bonds is 5. The number of nitrogens with zero attached hydrogens (tertiary/aromatic N) is 5. The third-order valence-corrected chi connectivity index (χ3v) is 3.21. The van der Waals surface area contributed by atoms with Crippen molar-refractivity contribution >= 4 is 0 Å². The van der Waals surface area contributed by atoms with Crippen LogP contribution in [0.2, 0.25) is 0 Å². The molecule has 0 N–H and O–H groups in total. The van der Waals surface area contributed by atoms with E-state index in [1.807, 2.05) is 18.7 Å². The number of hydrogen-bond acceptors (Lipinski definition) is 4. The van der Waals surface area contributed by atoms with Crippen molar-refractivity contribution < 1.29 is 0 Å². The number of nitriles is 1. The molecule has 1 aliphatic heterocycles. The van der Waals surface area contributed by atoms with Crippen molar-refractivity contribution in [3.63, 3.8) is 0 Å². The molecule has 5 heteroatoms. The minimum Gasteiger partial charge on any atom is -0.337 e. The summed E-state index contributed by atoms with van der Waals surface area (Å²) in [6.07, 6.45) is 6.85. The highest BCUT2D eigenvalue weighted by atomic mass is 15.3. The van der Waals surface area contributed by atoms with Gasteiger partial charge >= 0.3 is 0 Å². The molecule has 0 unspecified atom stereocenters. The molecular formula is C12H19N5. The van der Waals surface area contributed by atoms with E-state index in [1.165, 1.54) is 0 Å². The highest BCUT2D eigenvalue weighted by Crippen LogP contribution is 2.02. The fourth-order valence-electron chi connectivity index (χ4n) is 2.17. The average molecular weight is 233 g/mol. The van der Waals surface area contributed by atoms with Gasteiger partial charge < -0.3 is 9.47 Å². The SMILES string of the molecule is N#CCN1CCN(CCCn2ccnc2)CC1. The minimum absolute atomic E-state index is 0.572. The Kier molecular flexibility index (Phi) is 4.54. The summed E-state index contributed by atoms with van der Waals surface area (Å²) in [7, 11) is 0. The quantitative estimate of drug-likeness (QED) is 0.691. The summed E-state index contributed by atoms with van der Waals surface area (Å²) in [6, 6.07) is 2.21. The van der Waals surface area contributed by atoms with Crippen LogP contribution in [0.3, 0.4) is 0 Å². The normalized spacial score (nSPS) is 18.1. The van der Waals surface area contributed by atoms with E-state index in [4.69, 9.17) is 5.26 Å². The molecule has 1 aromatic rings. The zero-order valence-corrected chi connectivity index (χ0v) is 10.1. The number of hydrogen-bond donors (Lipinski definition) is 0. The first kappa shape index (κ1) is 12.1. The van der Waals surface area contributed by atoms with Crippen molar-refractivity contribution in [3.8, 4) is 6.07 Å². The first-order chi connectivity index (χ1) is 8.38. The topological polar surface area (TPSA) is 48.1 Å². The lowest BCUT2D eigenvalue weighted by Gasteiger charge is -2.33.